The first kappa shape index (κ1) is 20.0. The normalized spacial score (nSPS) is 18.0. The highest BCUT2D eigenvalue weighted by atomic mass is 16.6. The van der Waals surface area contributed by atoms with Crippen LogP contribution >= 0.6 is 0 Å². The van der Waals surface area contributed by atoms with E-state index in [1.807, 2.05) is 14.7 Å². The first-order valence-electron chi connectivity index (χ1n) is 9.30. The smallest absolute Gasteiger partial charge is 0.320 e. The van der Waals surface area contributed by atoms with E-state index in [-0.39, 0.29) is 24.2 Å². The van der Waals surface area contributed by atoms with Crippen molar-refractivity contribution in [1.29, 1.82) is 0 Å². The fourth-order valence-electron chi connectivity index (χ4n) is 3.29. The van der Waals surface area contributed by atoms with Crippen LogP contribution in [0.3, 0.4) is 0 Å². The molecule has 0 radical (unpaired) electrons. The number of ether oxygens (including phenoxy) is 1. The first-order chi connectivity index (χ1) is 13.5. The third-order valence-corrected chi connectivity index (χ3v) is 5.11. The van der Waals surface area contributed by atoms with Crippen LogP contribution in [0.5, 0.6) is 0 Å². The lowest BCUT2D eigenvalue weighted by Gasteiger charge is -2.38. The number of morpholine rings is 1. The summed E-state index contributed by atoms with van der Waals surface area (Å²) in [5.74, 6) is -0.0955. The van der Waals surface area contributed by atoms with Crippen molar-refractivity contribution in [2.75, 3.05) is 71.0 Å². The molecule has 2 aliphatic heterocycles. The molecule has 3 rings (SSSR count). The Morgan fingerprint density at radius 2 is 1.61 bits per heavy atom. The molecule has 0 bridgehead atoms. The number of hydrogen-bond donors (Lipinski definition) is 0. The standard InChI is InChI=1S/C18H25N5O5/c1-19(15-2-4-16(5-3-15)23(26)27)17(24)14-20-6-8-21(9-7-20)18(25)22-10-12-28-13-11-22/h2-5H,6-14H2,1H3. The Bertz CT molecular complexity index is 712. The monoisotopic (exact) mass is 391 g/mol. The molecule has 3 amide bonds. The number of hydrogen-bond acceptors (Lipinski definition) is 6. The van der Waals surface area contributed by atoms with Crippen LogP contribution in [0.2, 0.25) is 0 Å². The van der Waals surface area contributed by atoms with Gasteiger partial charge in [-0.15, -0.1) is 0 Å². The predicted octanol–water partition coefficient (Wildman–Crippen LogP) is 0.627. The second kappa shape index (κ2) is 8.98. The Hall–Kier alpha value is -2.72. The number of non-ortho nitro benzene ring substituents is 1. The summed E-state index contributed by atoms with van der Waals surface area (Å²) in [7, 11) is 1.65. The van der Waals surface area contributed by atoms with Crippen molar-refractivity contribution in [3.8, 4) is 0 Å². The number of carbonyl (C=O) groups is 2. The van der Waals surface area contributed by atoms with Gasteiger partial charge in [0.2, 0.25) is 5.91 Å². The second-order valence-corrected chi connectivity index (χ2v) is 6.87. The SMILES string of the molecule is CN(C(=O)CN1CCN(C(=O)N2CCOCC2)CC1)c1ccc([N+](=O)[O-])cc1. The van der Waals surface area contributed by atoms with E-state index in [0.717, 1.165) is 0 Å². The van der Waals surface area contributed by atoms with Gasteiger partial charge in [-0.05, 0) is 12.1 Å². The molecule has 0 atom stereocenters. The zero-order valence-electron chi connectivity index (χ0n) is 16.0. The number of anilines is 1. The highest BCUT2D eigenvalue weighted by Gasteiger charge is 2.27. The summed E-state index contributed by atoms with van der Waals surface area (Å²) in [4.78, 5) is 42.5. The van der Waals surface area contributed by atoms with Crippen LogP contribution in [0.15, 0.2) is 24.3 Å². The van der Waals surface area contributed by atoms with Gasteiger partial charge in [0.1, 0.15) is 0 Å². The molecular weight excluding hydrogens is 366 g/mol. The van der Waals surface area contributed by atoms with E-state index in [1.165, 1.54) is 17.0 Å². The van der Waals surface area contributed by atoms with Crippen molar-refractivity contribution in [2.45, 2.75) is 0 Å². The van der Waals surface area contributed by atoms with Crippen LogP contribution in [0.4, 0.5) is 16.2 Å². The summed E-state index contributed by atoms with van der Waals surface area (Å²) < 4.78 is 5.28. The molecule has 28 heavy (non-hydrogen) atoms. The molecule has 0 N–H and O–H groups in total. The summed E-state index contributed by atoms with van der Waals surface area (Å²) in [6.45, 7) is 5.09. The molecule has 0 spiro atoms. The molecule has 1 aromatic rings. The zero-order valence-corrected chi connectivity index (χ0v) is 16.0. The van der Waals surface area contributed by atoms with Gasteiger partial charge in [-0.25, -0.2) is 4.79 Å². The number of nitro groups is 1. The van der Waals surface area contributed by atoms with Crippen molar-refractivity contribution in [3.05, 3.63) is 34.4 Å². The third-order valence-electron chi connectivity index (χ3n) is 5.11. The topological polar surface area (TPSA) is 99.5 Å². The minimum Gasteiger partial charge on any atom is -0.378 e. The molecule has 152 valence electrons. The van der Waals surface area contributed by atoms with E-state index in [9.17, 15) is 19.7 Å². The molecule has 0 aliphatic carbocycles. The Labute approximate surface area is 163 Å². The van der Waals surface area contributed by atoms with E-state index in [0.29, 0.717) is 58.2 Å². The molecule has 0 unspecified atom stereocenters. The fraction of sp³-hybridized carbons (Fsp3) is 0.556. The Morgan fingerprint density at radius 1 is 1.04 bits per heavy atom. The van der Waals surface area contributed by atoms with Gasteiger partial charge >= 0.3 is 6.03 Å². The van der Waals surface area contributed by atoms with E-state index >= 15 is 0 Å². The lowest BCUT2D eigenvalue weighted by molar-refractivity contribution is -0.384. The van der Waals surface area contributed by atoms with Crippen molar-refractivity contribution < 1.29 is 19.2 Å². The van der Waals surface area contributed by atoms with Crippen LogP contribution < -0.4 is 4.90 Å². The number of urea groups is 1. The van der Waals surface area contributed by atoms with E-state index in [2.05, 4.69) is 0 Å². The maximum atomic E-state index is 12.5. The number of nitro benzene ring substituents is 1. The van der Waals surface area contributed by atoms with Crippen LogP contribution in [0.1, 0.15) is 0 Å². The Morgan fingerprint density at radius 3 is 2.18 bits per heavy atom. The van der Waals surface area contributed by atoms with Gasteiger partial charge in [0.25, 0.3) is 5.69 Å². The van der Waals surface area contributed by atoms with Crippen LogP contribution in [-0.2, 0) is 9.53 Å². The lowest BCUT2D eigenvalue weighted by Crippen LogP contribution is -2.55. The zero-order chi connectivity index (χ0) is 20.1. The summed E-state index contributed by atoms with van der Waals surface area (Å²) in [5, 5.41) is 10.7. The molecule has 2 heterocycles. The number of nitrogens with zero attached hydrogens (tertiary/aromatic N) is 5. The van der Waals surface area contributed by atoms with Gasteiger partial charge in [-0.3, -0.25) is 19.8 Å². The number of rotatable bonds is 4. The first-order valence-corrected chi connectivity index (χ1v) is 9.30. The predicted molar refractivity (Wildman–Crippen MR) is 102 cm³/mol. The number of carbonyl (C=O) groups excluding carboxylic acids is 2. The van der Waals surface area contributed by atoms with Crippen LogP contribution in [0, 0.1) is 10.1 Å². The second-order valence-electron chi connectivity index (χ2n) is 6.87. The summed E-state index contributed by atoms with van der Waals surface area (Å²) in [5.41, 5.74) is 0.599. The Balaban J connectivity index is 1.47. The number of piperazine rings is 1. The highest BCUT2D eigenvalue weighted by molar-refractivity contribution is 5.94. The number of benzene rings is 1. The van der Waals surface area contributed by atoms with E-state index in [1.54, 1.807) is 19.2 Å². The van der Waals surface area contributed by atoms with E-state index < -0.39 is 4.92 Å². The molecule has 10 nitrogen and oxygen atoms in total. The molecule has 0 saturated carbocycles. The van der Waals surface area contributed by atoms with Gasteiger partial charge in [-0.1, -0.05) is 0 Å². The van der Waals surface area contributed by atoms with E-state index in [4.69, 9.17) is 4.74 Å². The average Bonchev–Trinajstić information content (AvgIpc) is 2.74. The fourth-order valence-corrected chi connectivity index (χ4v) is 3.29. The minimum absolute atomic E-state index is 0.00865. The minimum atomic E-state index is -0.469. The number of likely N-dealkylation sites (N-methyl/N-ethyl adjacent to an activating group) is 1. The van der Waals surface area contributed by atoms with Gasteiger partial charge in [0, 0.05) is 64.1 Å². The summed E-state index contributed by atoms with van der Waals surface area (Å²) in [6.07, 6.45) is 0. The molecule has 0 aromatic heterocycles. The molecule has 1 aromatic carbocycles. The van der Waals surface area contributed by atoms with Gasteiger partial charge in [-0.2, -0.15) is 0 Å². The van der Waals surface area contributed by atoms with Crippen molar-refractivity contribution in [3.63, 3.8) is 0 Å². The maximum Gasteiger partial charge on any atom is 0.320 e. The van der Waals surface area contributed by atoms with Crippen molar-refractivity contribution >= 4 is 23.3 Å². The molecule has 2 aliphatic rings. The third kappa shape index (κ3) is 4.76. The summed E-state index contributed by atoms with van der Waals surface area (Å²) in [6, 6.07) is 5.94. The highest BCUT2D eigenvalue weighted by Crippen LogP contribution is 2.18. The van der Waals surface area contributed by atoms with Gasteiger partial charge in [0.05, 0.1) is 24.7 Å². The van der Waals surface area contributed by atoms with Crippen LogP contribution in [0.25, 0.3) is 0 Å². The van der Waals surface area contributed by atoms with Gasteiger partial charge < -0.3 is 19.4 Å². The average molecular weight is 391 g/mol. The quantitative estimate of drug-likeness (QED) is 0.551. The summed E-state index contributed by atoms with van der Waals surface area (Å²) >= 11 is 0. The maximum absolute atomic E-state index is 12.5. The van der Waals surface area contributed by atoms with Crippen molar-refractivity contribution in [2.24, 2.45) is 0 Å². The molecule has 2 saturated heterocycles. The molecular formula is C18H25N5O5. The lowest BCUT2D eigenvalue weighted by atomic mass is 10.2. The number of amides is 3. The molecule has 10 heteroatoms. The van der Waals surface area contributed by atoms with Gasteiger partial charge in [0.15, 0.2) is 0 Å². The van der Waals surface area contributed by atoms with Crippen LogP contribution in [-0.4, -0.2) is 97.6 Å². The largest absolute Gasteiger partial charge is 0.378 e. The van der Waals surface area contributed by atoms with Crippen molar-refractivity contribution in [1.82, 2.24) is 14.7 Å². The molecule has 2 fully saturated rings. The Kier molecular flexibility index (Phi) is 6.42.